The second-order valence-corrected chi connectivity index (χ2v) is 3.78. The van der Waals surface area contributed by atoms with E-state index >= 15 is 0 Å². The van der Waals surface area contributed by atoms with Crippen LogP contribution in [0, 0.1) is 6.92 Å². The third-order valence-electron chi connectivity index (χ3n) is 2.25. The van der Waals surface area contributed by atoms with E-state index in [1.54, 1.807) is 6.07 Å². The number of halogens is 3. The largest absolute Gasteiger partial charge is 0.282 e. The maximum atomic E-state index is 12.4. The van der Waals surface area contributed by atoms with E-state index in [9.17, 15) is 8.78 Å². The average Bonchev–Trinajstić information content (AvgIpc) is 2.61. The zero-order valence-corrected chi connectivity index (χ0v) is 9.25. The van der Waals surface area contributed by atoms with E-state index in [0.717, 1.165) is 5.56 Å². The van der Waals surface area contributed by atoms with Gasteiger partial charge in [-0.05, 0) is 18.6 Å². The fourth-order valence-electron chi connectivity index (χ4n) is 1.45. The molecule has 0 bridgehead atoms. The molecule has 0 amide bonds. The van der Waals surface area contributed by atoms with Crippen molar-refractivity contribution in [3.63, 3.8) is 0 Å². The van der Waals surface area contributed by atoms with Crippen LogP contribution in [0.4, 0.5) is 8.78 Å². The van der Waals surface area contributed by atoms with E-state index in [1.165, 1.54) is 10.7 Å². The molecular formula is C11H9ClF2N2. The quantitative estimate of drug-likeness (QED) is 0.784. The van der Waals surface area contributed by atoms with Crippen molar-refractivity contribution in [1.29, 1.82) is 0 Å². The SMILES string of the molecule is Cc1ccccc1-n1nc(C(F)F)cc1Cl. The molecule has 2 nitrogen and oxygen atoms in total. The summed E-state index contributed by atoms with van der Waals surface area (Å²) in [4.78, 5) is 0. The molecule has 0 aliphatic carbocycles. The summed E-state index contributed by atoms with van der Waals surface area (Å²) in [5.41, 5.74) is 1.32. The van der Waals surface area contributed by atoms with Crippen molar-refractivity contribution in [2.75, 3.05) is 0 Å². The van der Waals surface area contributed by atoms with Gasteiger partial charge in [0.1, 0.15) is 10.8 Å². The number of rotatable bonds is 2. The second-order valence-electron chi connectivity index (χ2n) is 3.39. The van der Waals surface area contributed by atoms with Crippen molar-refractivity contribution < 1.29 is 8.78 Å². The molecule has 0 N–H and O–H groups in total. The van der Waals surface area contributed by atoms with Gasteiger partial charge >= 0.3 is 0 Å². The lowest BCUT2D eigenvalue weighted by molar-refractivity contribution is 0.145. The van der Waals surface area contributed by atoms with Crippen LogP contribution in [-0.2, 0) is 0 Å². The predicted octanol–water partition coefficient (Wildman–Crippen LogP) is 3.77. The monoisotopic (exact) mass is 242 g/mol. The van der Waals surface area contributed by atoms with Crippen molar-refractivity contribution in [2.24, 2.45) is 0 Å². The van der Waals surface area contributed by atoms with E-state index in [-0.39, 0.29) is 10.8 Å². The number of para-hydroxylation sites is 1. The van der Waals surface area contributed by atoms with Gasteiger partial charge in [-0.25, -0.2) is 13.5 Å². The number of hydrogen-bond donors (Lipinski definition) is 0. The number of aryl methyl sites for hydroxylation is 1. The highest BCUT2D eigenvalue weighted by atomic mass is 35.5. The van der Waals surface area contributed by atoms with Crippen molar-refractivity contribution in [3.05, 3.63) is 46.7 Å². The van der Waals surface area contributed by atoms with E-state index in [4.69, 9.17) is 11.6 Å². The lowest BCUT2D eigenvalue weighted by atomic mass is 10.2. The van der Waals surface area contributed by atoms with E-state index < -0.39 is 6.43 Å². The Morgan fingerprint density at radius 3 is 2.56 bits per heavy atom. The maximum absolute atomic E-state index is 12.4. The van der Waals surface area contributed by atoms with Gasteiger partial charge in [0, 0.05) is 6.07 Å². The molecule has 0 radical (unpaired) electrons. The highest BCUT2D eigenvalue weighted by Crippen LogP contribution is 2.24. The second kappa shape index (κ2) is 4.22. The zero-order chi connectivity index (χ0) is 11.7. The van der Waals surface area contributed by atoms with Crippen LogP contribution >= 0.6 is 11.6 Å². The Morgan fingerprint density at radius 2 is 2.00 bits per heavy atom. The summed E-state index contributed by atoms with van der Waals surface area (Å²) in [5.74, 6) is 0. The van der Waals surface area contributed by atoms with Crippen LogP contribution in [0.5, 0.6) is 0 Å². The third kappa shape index (κ3) is 1.93. The fraction of sp³-hybridized carbons (Fsp3) is 0.182. The molecule has 1 heterocycles. The smallest absolute Gasteiger partial charge is 0.221 e. The molecule has 0 atom stereocenters. The molecule has 16 heavy (non-hydrogen) atoms. The molecule has 84 valence electrons. The molecule has 0 aliphatic rings. The number of aromatic nitrogens is 2. The number of benzene rings is 1. The topological polar surface area (TPSA) is 17.8 Å². The predicted molar refractivity (Wildman–Crippen MR) is 58.3 cm³/mol. The molecule has 5 heteroatoms. The van der Waals surface area contributed by atoms with Crippen molar-refractivity contribution >= 4 is 11.6 Å². The van der Waals surface area contributed by atoms with Gasteiger partial charge in [-0.1, -0.05) is 29.8 Å². The minimum atomic E-state index is -2.61. The van der Waals surface area contributed by atoms with Crippen LogP contribution in [0.1, 0.15) is 17.7 Å². The summed E-state index contributed by atoms with van der Waals surface area (Å²) in [7, 11) is 0. The van der Waals surface area contributed by atoms with Crippen LogP contribution < -0.4 is 0 Å². The van der Waals surface area contributed by atoms with Gasteiger partial charge in [0.25, 0.3) is 6.43 Å². The lowest BCUT2D eigenvalue weighted by Gasteiger charge is -2.06. The first-order valence-electron chi connectivity index (χ1n) is 4.69. The molecule has 0 aliphatic heterocycles. The number of hydrogen-bond acceptors (Lipinski definition) is 1. The molecule has 0 saturated carbocycles. The summed E-state index contributed by atoms with van der Waals surface area (Å²) < 4.78 is 26.2. The first-order valence-corrected chi connectivity index (χ1v) is 5.07. The van der Waals surface area contributed by atoms with Gasteiger partial charge < -0.3 is 0 Å². The molecule has 2 rings (SSSR count). The molecular weight excluding hydrogens is 234 g/mol. The normalized spacial score (nSPS) is 11.1. The Morgan fingerprint density at radius 1 is 1.31 bits per heavy atom. The minimum absolute atomic E-state index is 0.185. The molecule has 2 aromatic rings. The van der Waals surface area contributed by atoms with Gasteiger partial charge in [-0.3, -0.25) is 0 Å². The van der Waals surface area contributed by atoms with Crippen LogP contribution in [-0.4, -0.2) is 9.78 Å². The molecule has 0 saturated heterocycles. The summed E-state index contributed by atoms with van der Waals surface area (Å²) in [6, 6.07) is 8.50. The van der Waals surface area contributed by atoms with Gasteiger partial charge in [0.05, 0.1) is 5.69 Å². The molecule has 0 unspecified atom stereocenters. The Bertz CT molecular complexity index is 508. The number of alkyl halides is 2. The van der Waals surface area contributed by atoms with Crippen LogP contribution in [0.15, 0.2) is 30.3 Å². The van der Waals surface area contributed by atoms with E-state index in [0.29, 0.717) is 5.69 Å². The van der Waals surface area contributed by atoms with Gasteiger partial charge in [-0.15, -0.1) is 0 Å². The van der Waals surface area contributed by atoms with E-state index in [1.807, 2.05) is 25.1 Å². The highest BCUT2D eigenvalue weighted by molar-refractivity contribution is 6.29. The Labute approximate surface area is 96.5 Å². The van der Waals surface area contributed by atoms with Gasteiger partial charge in [0.15, 0.2) is 0 Å². The van der Waals surface area contributed by atoms with Crippen LogP contribution in [0.3, 0.4) is 0 Å². The molecule has 0 spiro atoms. The van der Waals surface area contributed by atoms with Crippen LogP contribution in [0.25, 0.3) is 5.69 Å². The summed E-state index contributed by atoms with van der Waals surface area (Å²) in [6.45, 7) is 1.87. The summed E-state index contributed by atoms with van der Waals surface area (Å²) in [6.07, 6.45) is -2.61. The molecule has 1 aromatic heterocycles. The average molecular weight is 243 g/mol. The fourth-order valence-corrected chi connectivity index (χ4v) is 1.69. The van der Waals surface area contributed by atoms with Gasteiger partial charge in [-0.2, -0.15) is 5.10 Å². The van der Waals surface area contributed by atoms with Crippen molar-refractivity contribution in [3.8, 4) is 5.69 Å². The minimum Gasteiger partial charge on any atom is -0.221 e. The molecule has 0 fully saturated rings. The Balaban J connectivity index is 2.52. The first kappa shape index (κ1) is 11.1. The summed E-state index contributed by atoms with van der Waals surface area (Å²) >= 11 is 5.86. The standard InChI is InChI=1S/C11H9ClF2N2/c1-7-4-2-3-5-9(7)16-10(12)6-8(15-16)11(13)14/h2-6,11H,1H3. The van der Waals surface area contributed by atoms with Crippen molar-refractivity contribution in [2.45, 2.75) is 13.3 Å². The van der Waals surface area contributed by atoms with Gasteiger partial charge in [0.2, 0.25) is 0 Å². The zero-order valence-electron chi connectivity index (χ0n) is 8.49. The maximum Gasteiger partial charge on any atom is 0.282 e. The lowest BCUT2D eigenvalue weighted by Crippen LogP contribution is -1.99. The van der Waals surface area contributed by atoms with E-state index in [2.05, 4.69) is 5.10 Å². The van der Waals surface area contributed by atoms with Crippen molar-refractivity contribution in [1.82, 2.24) is 9.78 Å². The highest BCUT2D eigenvalue weighted by Gasteiger charge is 2.15. The first-order chi connectivity index (χ1) is 7.59. The summed E-state index contributed by atoms with van der Waals surface area (Å²) in [5, 5.41) is 3.96. The molecule has 1 aromatic carbocycles. The number of nitrogens with zero attached hydrogens (tertiary/aromatic N) is 2. The Kier molecular flexibility index (Phi) is 2.92. The third-order valence-corrected chi connectivity index (χ3v) is 2.52. The Hall–Kier alpha value is -1.42. The van der Waals surface area contributed by atoms with Crippen LogP contribution in [0.2, 0.25) is 5.15 Å².